The summed E-state index contributed by atoms with van der Waals surface area (Å²) in [6.45, 7) is 0. The van der Waals surface area contributed by atoms with Gasteiger partial charge < -0.3 is 20.2 Å². The first-order valence-electron chi connectivity index (χ1n) is 3.90. The largest absolute Gasteiger partial charge is 0.339 e. The van der Waals surface area contributed by atoms with E-state index in [1.807, 2.05) is 0 Å². The van der Waals surface area contributed by atoms with Crippen LogP contribution in [0.3, 0.4) is 0 Å². The second-order valence-electron chi connectivity index (χ2n) is 2.33. The normalized spacial score (nSPS) is 9.00. The molecule has 10 heteroatoms. The molecule has 0 unspecified atom stereocenters. The minimum absolute atomic E-state index is 0.611. The summed E-state index contributed by atoms with van der Waals surface area (Å²) >= 11 is 0. The maximum absolute atomic E-state index is 9.77. The van der Waals surface area contributed by atoms with Crippen molar-refractivity contribution in [1.29, 1.82) is 0 Å². The van der Waals surface area contributed by atoms with Crippen LogP contribution in [0.4, 0.5) is 0 Å². The lowest BCUT2D eigenvalue weighted by molar-refractivity contribution is -0.552. The highest BCUT2D eigenvalue weighted by Gasteiger charge is 1.95. The van der Waals surface area contributed by atoms with Crippen molar-refractivity contribution in [2.24, 2.45) is 0 Å². The Kier molecular flexibility index (Phi) is 3.66. The zero-order valence-electron chi connectivity index (χ0n) is 7.78. The third-order valence-electron chi connectivity index (χ3n) is 1.32. The van der Waals surface area contributed by atoms with Crippen LogP contribution in [0.1, 0.15) is 0 Å². The van der Waals surface area contributed by atoms with E-state index in [1.165, 1.54) is 36.9 Å². The van der Waals surface area contributed by atoms with Gasteiger partial charge in [-0.3, -0.25) is 0 Å². The van der Waals surface area contributed by atoms with Gasteiger partial charge in [-0.15, -0.1) is 0 Å². The Hall–Kier alpha value is -2.78. The Morgan fingerprint density at radius 2 is 1.25 bits per heavy atom. The van der Waals surface area contributed by atoms with Crippen LogP contribution in [0.15, 0.2) is 36.9 Å². The second kappa shape index (κ2) is 5.19. The molecule has 0 aliphatic carbocycles. The summed E-state index contributed by atoms with van der Waals surface area (Å²) in [5.74, 6) is 0. The lowest BCUT2D eigenvalue weighted by Crippen LogP contribution is -2.07. The molecule has 0 amide bonds. The maximum atomic E-state index is 9.77. The van der Waals surface area contributed by atoms with Crippen LogP contribution in [-0.2, 0) is 0 Å². The molecule has 0 bridgehead atoms. The summed E-state index contributed by atoms with van der Waals surface area (Å²) in [5, 5.41) is 25.0. The van der Waals surface area contributed by atoms with Gasteiger partial charge in [-0.05, 0) is 0 Å². The number of nitro groups is 2. The molecule has 0 aliphatic heterocycles. The van der Waals surface area contributed by atoms with Gasteiger partial charge in [0.1, 0.15) is 12.4 Å². The van der Waals surface area contributed by atoms with Gasteiger partial charge in [0.15, 0.2) is 12.4 Å². The van der Waals surface area contributed by atoms with E-state index in [1.54, 1.807) is 0 Å². The molecule has 0 saturated heterocycles. The highest BCUT2D eigenvalue weighted by atomic mass is 16.7. The molecule has 0 spiro atoms. The fraction of sp³-hybridized carbons (Fsp3) is 0. The van der Waals surface area contributed by atoms with Gasteiger partial charge in [0.25, 0.3) is 0 Å². The second-order valence-corrected chi connectivity index (χ2v) is 2.33. The van der Waals surface area contributed by atoms with Crippen LogP contribution in [0.2, 0.25) is 0 Å². The summed E-state index contributed by atoms with van der Waals surface area (Å²) in [6, 6.07) is 2.98. The minimum Gasteiger partial charge on any atom is -0.339 e. The van der Waals surface area contributed by atoms with E-state index in [0.29, 0.717) is 9.58 Å². The van der Waals surface area contributed by atoms with Crippen LogP contribution < -0.4 is 0 Å². The Labute approximate surface area is 88.0 Å². The number of nitrogens with zero attached hydrogens (tertiary/aromatic N) is 6. The van der Waals surface area contributed by atoms with E-state index in [4.69, 9.17) is 0 Å². The van der Waals surface area contributed by atoms with Gasteiger partial charge in [-0.25, -0.2) is 0 Å². The molecule has 2 rings (SSSR count). The minimum atomic E-state index is -0.611. The molecular weight excluding hydrogens is 220 g/mol. The average molecular weight is 226 g/mol. The summed E-state index contributed by atoms with van der Waals surface area (Å²) in [4.78, 5) is 20.8. The number of rotatable bonds is 2. The SMILES string of the molecule is O=[N+]([O-])n1cccn1.O=[N+]([O-])n1cccn1. The summed E-state index contributed by atoms with van der Waals surface area (Å²) in [5.41, 5.74) is 0. The van der Waals surface area contributed by atoms with Crippen molar-refractivity contribution in [1.82, 2.24) is 19.8 Å². The molecule has 0 N–H and O–H groups in total. The first-order chi connectivity index (χ1) is 7.61. The molecule has 84 valence electrons. The van der Waals surface area contributed by atoms with Gasteiger partial charge >= 0.3 is 0 Å². The third-order valence-corrected chi connectivity index (χ3v) is 1.32. The predicted octanol–water partition coefficient (Wildman–Crippen LogP) is -0.154. The molecule has 2 aromatic heterocycles. The fourth-order valence-corrected chi connectivity index (χ4v) is 0.715. The van der Waals surface area contributed by atoms with Gasteiger partial charge in [0, 0.05) is 31.9 Å². The molecule has 0 fully saturated rings. The molecule has 0 aliphatic rings. The summed E-state index contributed by atoms with van der Waals surface area (Å²) in [7, 11) is 0. The van der Waals surface area contributed by atoms with Crippen molar-refractivity contribution in [2.75, 3.05) is 0 Å². The molecule has 0 aromatic carbocycles. The lowest BCUT2D eigenvalue weighted by Gasteiger charge is -1.85. The maximum Gasteiger partial charge on any atom is 0.167 e. The Morgan fingerprint density at radius 1 is 0.875 bits per heavy atom. The average Bonchev–Trinajstić information content (AvgIpc) is 2.93. The van der Waals surface area contributed by atoms with Crippen LogP contribution >= 0.6 is 0 Å². The molecule has 16 heavy (non-hydrogen) atoms. The quantitative estimate of drug-likeness (QED) is 0.518. The standard InChI is InChI=1S/2C3H3N3O2/c2*7-6(8)5-3-1-2-4-5/h2*1-3H. The number of hydrogen-bond donors (Lipinski definition) is 0. The van der Waals surface area contributed by atoms with Crippen molar-refractivity contribution in [2.45, 2.75) is 0 Å². The molecule has 0 saturated carbocycles. The van der Waals surface area contributed by atoms with Crippen molar-refractivity contribution in [3.05, 3.63) is 57.1 Å². The highest BCUT2D eigenvalue weighted by molar-refractivity contribution is 4.75. The molecule has 0 atom stereocenters. The van der Waals surface area contributed by atoms with E-state index in [0.717, 1.165) is 0 Å². The first kappa shape index (κ1) is 11.3. The van der Waals surface area contributed by atoms with Crippen molar-refractivity contribution in [3.63, 3.8) is 0 Å². The predicted molar refractivity (Wildman–Crippen MR) is 49.2 cm³/mol. The van der Waals surface area contributed by atoms with Crippen LogP contribution in [-0.4, -0.2) is 29.8 Å². The topological polar surface area (TPSA) is 122 Å². The Bertz CT molecular complexity index is 405. The molecule has 10 nitrogen and oxygen atoms in total. The van der Waals surface area contributed by atoms with Gasteiger partial charge in [-0.2, -0.15) is 0 Å². The first-order valence-corrected chi connectivity index (χ1v) is 3.90. The van der Waals surface area contributed by atoms with Crippen molar-refractivity contribution < 1.29 is 10.1 Å². The zero-order chi connectivity index (χ0) is 12.0. The van der Waals surface area contributed by atoms with Gasteiger partial charge in [0.2, 0.25) is 0 Å². The lowest BCUT2D eigenvalue weighted by atomic mass is 10.8. The number of hydrogen-bond acceptors (Lipinski definition) is 6. The monoisotopic (exact) mass is 226 g/mol. The highest BCUT2D eigenvalue weighted by Crippen LogP contribution is 1.80. The summed E-state index contributed by atoms with van der Waals surface area (Å²) < 4.78 is 0. The van der Waals surface area contributed by atoms with Gasteiger partial charge in [0.05, 0.1) is 10.1 Å². The fourth-order valence-electron chi connectivity index (χ4n) is 0.715. The van der Waals surface area contributed by atoms with Crippen LogP contribution in [0.25, 0.3) is 0 Å². The van der Waals surface area contributed by atoms with Crippen molar-refractivity contribution in [3.8, 4) is 0 Å². The van der Waals surface area contributed by atoms with Crippen molar-refractivity contribution >= 4 is 0 Å². The Morgan fingerprint density at radius 3 is 1.38 bits per heavy atom. The Balaban J connectivity index is 0.000000160. The molecular formula is C6H6N6O4. The zero-order valence-corrected chi connectivity index (χ0v) is 7.78. The van der Waals surface area contributed by atoms with E-state index in [-0.39, 0.29) is 0 Å². The van der Waals surface area contributed by atoms with Crippen LogP contribution in [0, 0.1) is 20.2 Å². The van der Waals surface area contributed by atoms with Gasteiger partial charge in [-0.1, -0.05) is 0 Å². The smallest absolute Gasteiger partial charge is 0.167 e. The third kappa shape index (κ3) is 3.17. The molecule has 2 heterocycles. The van der Waals surface area contributed by atoms with E-state index >= 15 is 0 Å². The van der Waals surface area contributed by atoms with E-state index < -0.39 is 10.1 Å². The molecule has 0 radical (unpaired) electrons. The van der Waals surface area contributed by atoms with E-state index in [2.05, 4.69) is 10.2 Å². The number of aromatic nitrogens is 4. The van der Waals surface area contributed by atoms with E-state index in [9.17, 15) is 20.2 Å². The summed E-state index contributed by atoms with van der Waals surface area (Å²) in [6.07, 6.45) is 5.23. The molecule has 2 aromatic rings. The van der Waals surface area contributed by atoms with Crippen LogP contribution in [0.5, 0.6) is 0 Å².